The lowest BCUT2D eigenvalue weighted by atomic mass is 9.85. The molecule has 1 saturated heterocycles. The number of aliphatic carboxylic acids is 1. The standard InChI is InChI=1S/C20H23N3O4/c1-12-5-4-7-14-18(12)21-11-22(19(14)25)10-17(24)23-15-8-3-2-6-13(15)9-16(23)20(26)27/h4-5,7,11,13,15-16H,2-3,6,8-10H2,1H3,(H,26,27)/t13-,15-,16+/m1/s1. The second-order valence-electron chi connectivity index (χ2n) is 7.65. The van der Waals surface area contributed by atoms with Crippen molar-refractivity contribution in [3.8, 4) is 0 Å². The van der Waals surface area contributed by atoms with Crippen LogP contribution in [0.2, 0.25) is 0 Å². The number of fused-ring (bicyclic) bond motifs is 2. The first-order valence-electron chi connectivity index (χ1n) is 9.46. The molecule has 2 aromatic rings. The Labute approximate surface area is 156 Å². The maximum Gasteiger partial charge on any atom is 0.326 e. The number of likely N-dealkylation sites (tertiary alicyclic amines) is 1. The summed E-state index contributed by atoms with van der Waals surface area (Å²) in [5, 5.41) is 10.1. The fourth-order valence-corrected chi connectivity index (χ4v) is 4.72. The molecule has 7 nitrogen and oxygen atoms in total. The zero-order valence-corrected chi connectivity index (χ0v) is 15.3. The highest BCUT2D eigenvalue weighted by molar-refractivity contribution is 5.85. The first kappa shape index (κ1) is 17.7. The number of carbonyl (C=O) groups excluding carboxylic acids is 1. The number of para-hydroxylation sites is 1. The number of carbonyl (C=O) groups is 2. The van der Waals surface area contributed by atoms with Gasteiger partial charge in [0.05, 0.1) is 17.2 Å². The molecule has 1 N–H and O–H groups in total. The lowest BCUT2D eigenvalue weighted by Crippen LogP contribution is -2.48. The van der Waals surface area contributed by atoms with Crippen LogP contribution in [0.3, 0.4) is 0 Å². The fourth-order valence-electron chi connectivity index (χ4n) is 4.72. The molecule has 1 aliphatic heterocycles. The van der Waals surface area contributed by atoms with Crippen molar-refractivity contribution in [2.75, 3.05) is 0 Å². The van der Waals surface area contributed by atoms with Crippen LogP contribution in [0.4, 0.5) is 0 Å². The maximum atomic E-state index is 13.0. The third-order valence-corrected chi connectivity index (χ3v) is 6.02. The number of benzene rings is 1. The summed E-state index contributed by atoms with van der Waals surface area (Å²) < 4.78 is 1.29. The quantitative estimate of drug-likeness (QED) is 0.893. The summed E-state index contributed by atoms with van der Waals surface area (Å²) in [5.74, 6) is -1.03. The molecule has 2 heterocycles. The third kappa shape index (κ3) is 3.01. The van der Waals surface area contributed by atoms with E-state index in [1.54, 1.807) is 12.1 Å². The number of hydrogen-bond acceptors (Lipinski definition) is 4. The number of aromatic nitrogens is 2. The van der Waals surface area contributed by atoms with Crippen molar-refractivity contribution in [3.05, 3.63) is 40.4 Å². The average Bonchev–Trinajstić information content (AvgIpc) is 3.04. The van der Waals surface area contributed by atoms with E-state index >= 15 is 0 Å². The Hall–Kier alpha value is -2.70. The van der Waals surface area contributed by atoms with Gasteiger partial charge in [-0.05, 0) is 43.7 Å². The predicted octanol–water partition coefficient (Wildman–Crippen LogP) is 1.95. The van der Waals surface area contributed by atoms with Crippen LogP contribution in [0.1, 0.15) is 37.7 Å². The van der Waals surface area contributed by atoms with Crippen LogP contribution in [0.5, 0.6) is 0 Å². The van der Waals surface area contributed by atoms with E-state index in [4.69, 9.17) is 0 Å². The van der Waals surface area contributed by atoms with E-state index in [-0.39, 0.29) is 30.0 Å². The second-order valence-corrected chi connectivity index (χ2v) is 7.65. The van der Waals surface area contributed by atoms with Crippen LogP contribution in [0.25, 0.3) is 10.9 Å². The predicted molar refractivity (Wildman–Crippen MR) is 99.4 cm³/mol. The number of carboxylic acid groups (broad SMARTS) is 1. The van der Waals surface area contributed by atoms with Crippen molar-refractivity contribution in [1.82, 2.24) is 14.5 Å². The fraction of sp³-hybridized carbons (Fsp3) is 0.500. The van der Waals surface area contributed by atoms with Crippen molar-refractivity contribution in [3.63, 3.8) is 0 Å². The molecule has 0 unspecified atom stereocenters. The molecule has 1 aromatic heterocycles. The number of rotatable bonds is 3. The maximum absolute atomic E-state index is 13.0. The van der Waals surface area contributed by atoms with Gasteiger partial charge in [0.1, 0.15) is 12.6 Å². The van der Waals surface area contributed by atoms with Crippen molar-refractivity contribution < 1.29 is 14.7 Å². The first-order chi connectivity index (χ1) is 13.0. The average molecular weight is 369 g/mol. The largest absolute Gasteiger partial charge is 0.480 e. The molecule has 1 aliphatic carbocycles. The van der Waals surface area contributed by atoms with Crippen LogP contribution < -0.4 is 5.56 Å². The summed E-state index contributed by atoms with van der Waals surface area (Å²) in [4.78, 5) is 43.4. The Balaban J connectivity index is 1.65. The van der Waals surface area contributed by atoms with Crippen molar-refractivity contribution in [1.29, 1.82) is 0 Å². The summed E-state index contributed by atoms with van der Waals surface area (Å²) in [6, 6.07) is 4.55. The van der Waals surface area contributed by atoms with E-state index in [0.29, 0.717) is 17.3 Å². The molecule has 1 amide bonds. The number of nitrogens with zero attached hydrogens (tertiary/aromatic N) is 3. The summed E-state index contributed by atoms with van der Waals surface area (Å²) >= 11 is 0. The SMILES string of the molecule is Cc1cccc2c(=O)n(CC(=O)N3[C@@H]4CCCC[C@@H]4C[C@H]3C(=O)O)cnc12. The molecule has 4 rings (SSSR count). The van der Waals surface area contributed by atoms with Gasteiger partial charge in [0.15, 0.2) is 0 Å². The molecular formula is C20H23N3O4. The van der Waals surface area contributed by atoms with Gasteiger partial charge in [-0.1, -0.05) is 25.0 Å². The van der Waals surface area contributed by atoms with Crippen LogP contribution >= 0.6 is 0 Å². The van der Waals surface area contributed by atoms with Gasteiger partial charge >= 0.3 is 5.97 Å². The van der Waals surface area contributed by atoms with Gasteiger partial charge in [-0.15, -0.1) is 0 Å². The van der Waals surface area contributed by atoms with Crippen LogP contribution in [-0.2, 0) is 16.1 Å². The molecule has 27 heavy (non-hydrogen) atoms. The van der Waals surface area contributed by atoms with Crippen LogP contribution in [0.15, 0.2) is 29.3 Å². The van der Waals surface area contributed by atoms with Gasteiger partial charge in [-0.2, -0.15) is 0 Å². The first-order valence-corrected chi connectivity index (χ1v) is 9.46. The lowest BCUT2D eigenvalue weighted by Gasteiger charge is -2.33. The minimum atomic E-state index is -0.961. The summed E-state index contributed by atoms with van der Waals surface area (Å²) in [6.45, 7) is 1.71. The highest BCUT2D eigenvalue weighted by Crippen LogP contribution is 2.39. The van der Waals surface area contributed by atoms with Gasteiger partial charge in [0.2, 0.25) is 5.91 Å². The molecule has 2 fully saturated rings. The Kier molecular flexibility index (Phi) is 4.45. The Morgan fingerprint density at radius 3 is 2.81 bits per heavy atom. The molecular weight excluding hydrogens is 346 g/mol. The van der Waals surface area contributed by atoms with E-state index < -0.39 is 12.0 Å². The molecule has 0 radical (unpaired) electrons. The number of carboxylic acids is 1. The molecule has 2 aliphatic rings. The highest BCUT2D eigenvalue weighted by atomic mass is 16.4. The topological polar surface area (TPSA) is 92.5 Å². The molecule has 1 aromatic carbocycles. The van der Waals surface area contributed by atoms with Gasteiger partial charge in [0, 0.05) is 6.04 Å². The van der Waals surface area contributed by atoms with Gasteiger partial charge in [-0.3, -0.25) is 14.2 Å². The molecule has 142 valence electrons. The van der Waals surface area contributed by atoms with Crippen molar-refractivity contribution >= 4 is 22.8 Å². The third-order valence-electron chi connectivity index (χ3n) is 6.02. The molecule has 3 atom stereocenters. The Bertz CT molecular complexity index is 967. The molecule has 7 heteroatoms. The minimum Gasteiger partial charge on any atom is -0.480 e. The minimum absolute atomic E-state index is 0.0290. The number of aryl methyl sites for hydroxylation is 1. The molecule has 1 saturated carbocycles. The Morgan fingerprint density at radius 2 is 2.04 bits per heavy atom. The van der Waals surface area contributed by atoms with Crippen molar-refractivity contribution in [2.24, 2.45) is 5.92 Å². The van der Waals surface area contributed by atoms with E-state index in [0.717, 1.165) is 31.2 Å². The lowest BCUT2D eigenvalue weighted by molar-refractivity contribution is -0.150. The van der Waals surface area contributed by atoms with E-state index in [1.807, 2.05) is 13.0 Å². The number of hydrogen-bond donors (Lipinski definition) is 1. The monoisotopic (exact) mass is 369 g/mol. The van der Waals surface area contributed by atoms with E-state index in [9.17, 15) is 19.5 Å². The summed E-state index contributed by atoms with van der Waals surface area (Å²) in [7, 11) is 0. The molecule has 0 bridgehead atoms. The van der Waals surface area contributed by atoms with Crippen LogP contribution in [-0.4, -0.2) is 43.5 Å². The van der Waals surface area contributed by atoms with Crippen LogP contribution in [0, 0.1) is 12.8 Å². The highest BCUT2D eigenvalue weighted by Gasteiger charge is 2.47. The normalized spacial score (nSPS) is 24.8. The summed E-state index contributed by atoms with van der Waals surface area (Å²) in [6.07, 6.45) is 5.80. The second kappa shape index (κ2) is 6.79. The zero-order chi connectivity index (χ0) is 19.1. The zero-order valence-electron chi connectivity index (χ0n) is 15.3. The van der Waals surface area contributed by atoms with E-state index in [1.165, 1.54) is 15.8 Å². The summed E-state index contributed by atoms with van der Waals surface area (Å²) in [5.41, 5.74) is 1.25. The van der Waals surface area contributed by atoms with Gasteiger partial charge < -0.3 is 10.0 Å². The van der Waals surface area contributed by atoms with Gasteiger partial charge in [0.25, 0.3) is 5.56 Å². The Morgan fingerprint density at radius 1 is 1.26 bits per heavy atom. The van der Waals surface area contributed by atoms with Crippen molar-refractivity contribution in [2.45, 2.75) is 57.7 Å². The number of amides is 1. The molecule has 0 spiro atoms. The smallest absolute Gasteiger partial charge is 0.326 e. The van der Waals surface area contributed by atoms with E-state index in [2.05, 4.69) is 4.98 Å². The van der Waals surface area contributed by atoms with Gasteiger partial charge in [-0.25, -0.2) is 9.78 Å².